The van der Waals surface area contributed by atoms with E-state index < -0.39 is 0 Å². The number of nitrogens with two attached hydrogens (primary N) is 1. The zero-order valence-electron chi connectivity index (χ0n) is 15.6. The van der Waals surface area contributed by atoms with E-state index in [9.17, 15) is 4.79 Å². The van der Waals surface area contributed by atoms with Crippen LogP contribution in [-0.4, -0.2) is 41.9 Å². The predicted molar refractivity (Wildman–Crippen MR) is 111 cm³/mol. The summed E-state index contributed by atoms with van der Waals surface area (Å²) in [6.45, 7) is 3.76. The van der Waals surface area contributed by atoms with Crippen molar-refractivity contribution in [3.8, 4) is 11.1 Å². The smallest absolute Gasteiger partial charge is 0.168 e. The number of rotatable bonds is 5. The van der Waals surface area contributed by atoms with Crippen LogP contribution in [0.5, 0.6) is 0 Å². The topological polar surface area (TPSA) is 84.1 Å². The van der Waals surface area contributed by atoms with Gasteiger partial charge in [-0.25, -0.2) is 4.98 Å². The molecule has 0 spiro atoms. The van der Waals surface area contributed by atoms with Crippen LogP contribution in [0.3, 0.4) is 0 Å². The predicted octanol–water partition coefficient (Wildman–Crippen LogP) is 2.56. The number of piperazine rings is 1. The molecule has 6 heteroatoms. The molecule has 1 saturated heterocycles. The molecule has 1 fully saturated rings. The molecule has 3 aromatic rings. The van der Waals surface area contributed by atoms with E-state index in [1.165, 1.54) is 0 Å². The lowest BCUT2D eigenvalue weighted by molar-refractivity contribution is 0.0993. The van der Waals surface area contributed by atoms with E-state index in [-0.39, 0.29) is 12.2 Å². The number of ketones is 1. The minimum Gasteiger partial charge on any atom is -0.398 e. The lowest BCUT2D eigenvalue weighted by atomic mass is 9.98. The number of carbonyl (C=O) groups is 1. The maximum absolute atomic E-state index is 12.8. The molecule has 3 N–H and O–H groups in total. The van der Waals surface area contributed by atoms with Crippen molar-refractivity contribution in [2.75, 3.05) is 36.8 Å². The monoisotopic (exact) mass is 373 g/mol. The Bertz CT molecular complexity index is 950. The van der Waals surface area contributed by atoms with Crippen molar-refractivity contribution in [2.45, 2.75) is 6.42 Å². The summed E-state index contributed by atoms with van der Waals surface area (Å²) < 4.78 is 0. The number of aromatic nitrogens is 2. The van der Waals surface area contributed by atoms with Crippen LogP contribution >= 0.6 is 0 Å². The Labute approximate surface area is 164 Å². The average Bonchev–Trinajstić information content (AvgIpc) is 2.76. The van der Waals surface area contributed by atoms with Gasteiger partial charge in [0.2, 0.25) is 0 Å². The van der Waals surface area contributed by atoms with E-state index in [0.717, 1.165) is 48.7 Å². The van der Waals surface area contributed by atoms with Crippen molar-refractivity contribution in [3.05, 3.63) is 72.2 Å². The third-order valence-electron chi connectivity index (χ3n) is 5.00. The molecular weight excluding hydrogens is 350 g/mol. The standard InChI is InChI=1S/C22H23N5O/c23-20-5-3-16(17-2-1-7-25-14-17)12-19(20)13-21(28)18-4-6-22(26-15-18)27-10-8-24-9-11-27/h1-7,12,14-15,24H,8-11,13,23H2. The number of Topliss-reactive ketones (excluding diaryl/α,β-unsaturated/α-hetero) is 1. The first-order valence-electron chi connectivity index (χ1n) is 9.44. The summed E-state index contributed by atoms with van der Waals surface area (Å²) in [7, 11) is 0. The van der Waals surface area contributed by atoms with Crippen molar-refractivity contribution < 1.29 is 4.79 Å². The molecule has 1 aliphatic rings. The van der Waals surface area contributed by atoms with Gasteiger partial charge in [-0.2, -0.15) is 0 Å². The van der Waals surface area contributed by atoms with E-state index in [1.54, 1.807) is 18.6 Å². The van der Waals surface area contributed by atoms with Gasteiger partial charge < -0.3 is 16.0 Å². The van der Waals surface area contributed by atoms with E-state index in [2.05, 4.69) is 20.2 Å². The first-order chi connectivity index (χ1) is 13.7. The Morgan fingerprint density at radius 3 is 2.64 bits per heavy atom. The molecule has 4 rings (SSSR count). The van der Waals surface area contributed by atoms with Crippen molar-refractivity contribution in [2.24, 2.45) is 0 Å². The molecule has 0 aliphatic carbocycles. The summed E-state index contributed by atoms with van der Waals surface area (Å²) in [6, 6.07) is 13.4. The van der Waals surface area contributed by atoms with Crippen molar-refractivity contribution in [3.63, 3.8) is 0 Å². The van der Waals surface area contributed by atoms with Gasteiger partial charge in [-0.15, -0.1) is 0 Å². The Balaban J connectivity index is 1.50. The molecule has 6 nitrogen and oxygen atoms in total. The molecule has 0 saturated carbocycles. The molecule has 0 radical (unpaired) electrons. The van der Waals surface area contributed by atoms with Gasteiger partial charge in [0.15, 0.2) is 5.78 Å². The Morgan fingerprint density at radius 2 is 1.93 bits per heavy atom. The van der Waals surface area contributed by atoms with Gasteiger partial charge in [0, 0.05) is 62.4 Å². The molecule has 28 heavy (non-hydrogen) atoms. The van der Waals surface area contributed by atoms with Crippen LogP contribution in [0.25, 0.3) is 11.1 Å². The minimum absolute atomic E-state index is 0.00870. The SMILES string of the molecule is Nc1ccc(-c2cccnc2)cc1CC(=O)c1ccc(N2CCNCC2)nc1. The van der Waals surface area contributed by atoms with Crippen LogP contribution in [0, 0.1) is 0 Å². The number of nitrogens with zero attached hydrogens (tertiary/aromatic N) is 3. The minimum atomic E-state index is 0.00870. The fourth-order valence-electron chi connectivity index (χ4n) is 3.38. The molecule has 0 bridgehead atoms. The molecular formula is C22H23N5O. The van der Waals surface area contributed by atoms with Gasteiger partial charge >= 0.3 is 0 Å². The molecule has 0 atom stereocenters. The van der Waals surface area contributed by atoms with E-state index >= 15 is 0 Å². The number of carbonyl (C=O) groups excluding carboxylic acids is 1. The average molecular weight is 373 g/mol. The second kappa shape index (κ2) is 8.19. The third-order valence-corrected chi connectivity index (χ3v) is 5.00. The summed E-state index contributed by atoms with van der Waals surface area (Å²) in [6.07, 6.45) is 5.45. The molecule has 2 aromatic heterocycles. The highest BCUT2D eigenvalue weighted by Crippen LogP contribution is 2.24. The lowest BCUT2D eigenvalue weighted by Crippen LogP contribution is -2.43. The Morgan fingerprint density at radius 1 is 1.07 bits per heavy atom. The number of benzene rings is 1. The van der Waals surface area contributed by atoms with Crippen LogP contribution in [-0.2, 0) is 6.42 Å². The summed E-state index contributed by atoms with van der Waals surface area (Å²) in [5, 5.41) is 3.32. The van der Waals surface area contributed by atoms with Gasteiger partial charge in [0.1, 0.15) is 5.82 Å². The summed E-state index contributed by atoms with van der Waals surface area (Å²) in [5.41, 5.74) is 10.2. The van der Waals surface area contributed by atoms with Gasteiger partial charge in [-0.05, 0) is 47.0 Å². The maximum Gasteiger partial charge on any atom is 0.168 e. The normalized spacial score (nSPS) is 14.1. The molecule has 0 unspecified atom stereocenters. The Hall–Kier alpha value is -3.25. The van der Waals surface area contributed by atoms with Crippen molar-refractivity contribution >= 4 is 17.3 Å². The maximum atomic E-state index is 12.8. The highest BCUT2D eigenvalue weighted by Gasteiger charge is 2.14. The van der Waals surface area contributed by atoms with E-state index in [0.29, 0.717) is 11.3 Å². The molecule has 142 valence electrons. The number of nitrogens with one attached hydrogen (secondary N) is 1. The Kier molecular flexibility index (Phi) is 5.30. The summed E-state index contributed by atoms with van der Waals surface area (Å²) >= 11 is 0. The van der Waals surface area contributed by atoms with Crippen LogP contribution in [0.1, 0.15) is 15.9 Å². The highest BCUT2D eigenvalue weighted by molar-refractivity contribution is 5.98. The number of anilines is 2. The van der Waals surface area contributed by atoms with Crippen LogP contribution in [0.15, 0.2) is 61.1 Å². The van der Waals surface area contributed by atoms with Crippen molar-refractivity contribution in [1.82, 2.24) is 15.3 Å². The van der Waals surface area contributed by atoms with E-state index in [1.807, 2.05) is 42.5 Å². The molecule has 3 heterocycles. The van der Waals surface area contributed by atoms with E-state index in [4.69, 9.17) is 5.73 Å². The van der Waals surface area contributed by atoms with Crippen LogP contribution in [0.2, 0.25) is 0 Å². The fourth-order valence-corrected chi connectivity index (χ4v) is 3.38. The first-order valence-corrected chi connectivity index (χ1v) is 9.44. The summed E-state index contributed by atoms with van der Waals surface area (Å²) in [4.78, 5) is 23.6. The number of hydrogen-bond acceptors (Lipinski definition) is 6. The highest BCUT2D eigenvalue weighted by atomic mass is 16.1. The number of nitrogen functional groups attached to an aromatic ring is 1. The number of pyridine rings is 2. The third kappa shape index (κ3) is 4.02. The van der Waals surface area contributed by atoms with Crippen LogP contribution < -0.4 is 16.0 Å². The fraction of sp³-hybridized carbons (Fsp3) is 0.227. The van der Waals surface area contributed by atoms with Gasteiger partial charge in [-0.1, -0.05) is 12.1 Å². The second-order valence-corrected chi connectivity index (χ2v) is 6.90. The first kappa shape index (κ1) is 18.1. The summed E-state index contributed by atoms with van der Waals surface area (Å²) in [5.74, 6) is 0.922. The molecule has 1 aromatic carbocycles. The van der Waals surface area contributed by atoms with Gasteiger partial charge in [0.05, 0.1) is 0 Å². The quantitative estimate of drug-likeness (QED) is 0.528. The largest absolute Gasteiger partial charge is 0.398 e. The lowest BCUT2D eigenvalue weighted by Gasteiger charge is -2.28. The van der Waals surface area contributed by atoms with Gasteiger partial charge in [-0.3, -0.25) is 9.78 Å². The molecule has 1 aliphatic heterocycles. The van der Waals surface area contributed by atoms with Crippen LogP contribution in [0.4, 0.5) is 11.5 Å². The zero-order valence-corrected chi connectivity index (χ0v) is 15.6. The van der Waals surface area contributed by atoms with Gasteiger partial charge in [0.25, 0.3) is 0 Å². The number of hydrogen-bond donors (Lipinski definition) is 2. The zero-order chi connectivity index (χ0) is 19.3. The molecule has 0 amide bonds. The second-order valence-electron chi connectivity index (χ2n) is 6.90. The van der Waals surface area contributed by atoms with Crippen molar-refractivity contribution in [1.29, 1.82) is 0 Å².